The number of carboxylic acids is 1. The smallest absolute Gasteiger partial charge is 0.337 e. The Labute approximate surface area is 200 Å². The normalized spacial score (nSPS) is 29.5. The van der Waals surface area contributed by atoms with Crippen LogP contribution in [0.2, 0.25) is 0 Å². The molecule has 5 nitrogen and oxygen atoms in total. The first kappa shape index (κ1) is 19.9. The van der Waals surface area contributed by atoms with Crippen LogP contribution in [0, 0.1) is 11.8 Å². The van der Waals surface area contributed by atoms with Crippen LogP contribution in [0.5, 0.6) is 0 Å². The van der Waals surface area contributed by atoms with Crippen LogP contribution in [0.3, 0.4) is 0 Å². The molecule has 3 aromatic carbocycles. The number of aromatic carboxylic acids is 1. The van der Waals surface area contributed by atoms with Crippen molar-refractivity contribution in [2.75, 3.05) is 4.90 Å². The molecular formula is C25H15Br2NO4. The second kappa shape index (κ2) is 6.39. The summed E-state index contributed by atoms with van der Waals surface area (Å²) in [5.74, 6) is -3.47. The molecule has 1 heterocycles. The van der Waals surface area contributed by atoms with Crippen molar-refractivity contribution in [1.29, 1.82) is 0 Å². The van der Waals surface area contributed by atoms with Crippen molar-refractivity contribution < 1.29 is 19.5 Å². The lowest BCUT2D eigenvalue weighted by molar-refractivity contribution is -0.122. The van der Waals surface area contributed by atoms with Crippen molar-refractivity contribution in [3.05, 3.63) is 101 Å². The summed E-state index contributed by atoms with van der Waals surface area (Å²) in [4.78, 5) is 40.8. The van der Waals surface area contributed by atoms with Gasteiger partial charge in [-0.25, -0.2) is 9.69 Å². The Bertz CT molecular complexity index is 1250. The van der Waals surface area contributed by atoms with Gasteiger partial charge >= 0.3 is 5.97 Å². The predicted octanol–water partition coefficient (Wildman–Crippen LogP) is 4.79. The molecule has 0 unspecified atom stereocenters. The lowest BCUT2D eigenvalue weighted by Gasteiger charge is -2.55. The Morgan fingerprint density at radius 2 is 1.09 bits per heavy atom. The number of nitrogens with zero attached hydrogens (tertiary/aromatic N) is 1. The highest BCUT2D eigenvalue weighted by atomic mass is 79.9. The number of amides is 2. The largest absolute Gasteiger partial charge is 0.478 e. The van der Waals surface area contributed by atoms with Crippen LogP contribution in [-0.2, 0) is 18.2 Å². The van der Waals surface area contributed by atoms with Crippen LogP contribution in [0.25, 0.3) is 0 Å². The van der Waals surface area contributed by atoms with E-state index in [4.69, 9.17) is 0 Å². The van der Waals surface area contributed by atoms with Gasteiger partial charge in [0.25, 0.3) is 0 Å². The van der Waals surface area contributed by atoms with E-state index >= 15 is 0 Å². The molecule has 2 atom stereocenters. The van der Waals surface area contributed by atoms with Gasteiger partial charge < -0.3 is 5.11 Å². The maximum absolute atomic E-state index is 13.9. The van der Waals surface area contributed by atoms with E-state index < -0.39 is 38.3 Å². The van der Waals surface area contributed by atoms with E-state index in [9.17, 15) is 19.5 Å². The molecule has 0 radical (unpaired) electrons. The van der Waals surface area contributed by atoms with Gasteiger partial charge in [-0.3, -0.25) is 9.59 Å². The molecule has 0 aromatic heterocycles. The van der Waals surface area contributed by atoms with Gasteiger partial charge in [-0.2, -0.15) is 0 Å². The van der Waals surface area contributed by atoms with Crippen LogP contribution in [0.4, 0.5) is 5.69 Å². The van der Waals surface area contributed by atoms with Crippen molar-refractivity contribution in [2.24, 2.45) is 11.8 Å². The Hall–Kier alpha value is -2.77. The van der Waals surface area contributed by atoms with Crippen LogP contribution in [0.1, 0.15) is 32.6 Å². The average Bonchev–Trinajstić information content (AvgIpc) is 3.08. The van der Waals surface area contributed by atoms with Gasteiger partial charge in [0.2, 0.25) is 11.8 Å². The highest BCUT2D eigenvalue weighted by Crippen LogP contribution is 2.70. The minimum Gasteiger partial charge on any atom is -0.478 e. The fourth-order valence-electron chi connectivity index (χ4n) is 5.75. The van der Waals surface area contributed by atoms with Crippen molar-refractivity contribution in [1.82, 2.24) is 0 Å². The number of alkyl halides is 2. The fraction of sp³-hybridized carbons (Fsp3) is 0.160. The molecule has 32 heavy (non-hydrogen) atoms. The molecule has 2 bridgehead atoms. The SMILES string of the molecule is O=C(O)c1ccccc1N1C(=O)[C@@H]2[C@H](C1=O)C1(Br)c3ccccc3C2(Br)c2ccccc21. The number of carbonyl (C=O) groups is 3. The second-order valence-electron chi connectivity index (χ2n) is 8.30. The molecule has 0 saturated carbocycles. The van der Waals surface area contributed by atoms with Crippen LogP contribution >= 0.6 is 31.9 Å². The van der Waals surface area contributed by atoms with E-state index in [1.807, 2.05) is 48.5 Å². The Morgan fingerprint density at radius 1 is 0.719 bits per heavy atom. The number of carbonyl (C=O) groups excluding carboxylic acids is 2. The van der Waals surface area contributed by atoms with Crippen LogP contribution in [0.15, 0.2) is 72.8 Å². The number of rotatable bonds is 2. The summed E-state index contributed by atoms with van der Waals surface area (Å²) in [6.07, 6.45) is 0. The standard InChI is InChI=1S/C25H15Br2NO4/c26-24-14-8-2-3-9-15(14)25(27,17-11-5-4-10-16(17)24)20-19(24)21(29)28(22(20)30)18-12-6-1-7-13(18)23(31)32/h1-12,19-20H,(H,31,32)/t19-,20+,24?,25?. The molecule has 2 amide bonds. The summed E-state index contributed by atoms with van der Waals surface area (Å²) in [6, 6.07) is 21.8. The van der Waals surface area contributed by atoms with E-state index in [0.29, 0.717) is 0 Å². The summed E-state index contributed by atoms with van der Waals surface area (Å²) < 4.78 is -1.81. The minimum absolute atomic E-state index is 0.0810. The van der Waals surface area contributed by atoms with Crippen molar-refractivity contribution in [2.45, 2.75) is 8.65 Å². The second-order valence-corrected chi connectivity index (χ2v) is 10.8. The quantitative estimate of drug-likeness (QED) is 0.366. The number of carboxylic acid groups (broad SMARTS) is 1. The fourth-order valence-corrected chi connectivity index (χ4v) is 8.06. The van der Waals surface area contributed by atoms with Crippen molar-refractivity contribution in [3.63, 3.8) is 0 Å². The van der Waals surface area contributed by atoms with E-state index in [-0.39, 0.29) is 11.3 Å². The number of imide groups is 1. The number of benzene rings is 3. The molecule has 7 heteroatoms. The molecule has 7 rings (SSSR count). The molecule has 3 aliphatic carbocycles. The monoisotopic (exact) mass is 551 g/mol. The van der Waals surface area contributed by atoms with E-state index in [2.05, 4.69) is 31.9 Å². The van der Waals surface area contributed by atoms with Crippen molar-refractivity contribution in [3.8, 4) is 0 Å². The molecule has 0 spiro atoms. The first-order valence-corrected chi connectivity index (χ1v) is 11.7. The molecule has 1 fully saturated rings. The average molecular weight is 553 g/mol. The predicted molar refractivity (Wildman–Crippen MR) is 125 cm³/mol. The van der Waals surface area contributed by atoms with Gasteiger partial charge in [0, 0.05) is 0 Å². The first-order chi connectivity index (χ1) is 15.3. The third-order valence-corrected chi connectivity index (χ3v) is 9.66. The summed E-state index contributed by atoms with van der Waals surface area (Å²) in [5, 5.41) is 9.69. The van der Waals surface area contributed by atoms with Gasteiger partial charge in [0.05, 0.1) is 31.7 Å². The van der Waals surface area contributed by atoms with Crippen LogP contribution < -0.4 is 4.90 Å². The zero-order valence-corrected chi connectivity index (χ0v) is 19.6. The molecule has 1 N–H and O–H groups in total. The molecule has 1 aliphatic heterocycles. The summed E-state index contributed by atoms with van der Waals surface area (Å²) in [6.45, 7) is 0. The van der Waals surface area contributed by atoms with Gasteiger partial charge in [0.15, 0.2) is 0 Å². The minimum atomic E-state index is -1.19. The van der Waals surface area contributed by atoms with E-state index in [1.165, 1.54) is 12.1 Å². The first-order valence-electron chi connectivity index (χ1n) is 10.1. The Balaban J connectivity index is 1.66. The van der Waals surface area contributed by atoms with E-state index in [1.54, 1.807) is 12.1 Å². The lowest BCUT2D eigenvalue weighted by atomic mass is 9.54. The third kappa shape index (κ3) is 2.11. The highest BCUT2D eigenvalue weighted by Gasteiger charge is 2.72. The molecular weight excluding hydrogens is 538 g/mol. The topological polar surface area (TPSA) is 74.7 Å². The summed E-state index contributed by atoms with van der Waals surface area (Å²) in [7, 11) is 0. The van der Waals surface area contributed by atoms with Crippen molar-refractivity contribution >= 4 is 55.3 Å². The zero-order chi connectivity index (χ0) is 22.4. The summed E-state index contributed by atoms with van der Waals surface area (Å²) >= 11 is 7.88. The molecule has 3 aromatic rings. The number of para-hydroxylation sites is 1. The highest BCUT2D eigenvalue weighted by molar-refractivity contribution is 9.10. The van der Waals surface area contributed by atoms with Gasteiger partial charge in [-0.15, -0.1) is 0 Å². The number of hydrogen-bond donors (Lipinski definition) is 1. The number of anilines is 1. The van der Waals surface area contributed by atoms with Crippen LogP contribution in [-0.4, -0.2) is 22.9 Å². The lowest BCUT2D eigenvalue weighted by Crippen LogP contribution is -2.56. The maximum Gasteiger partial charge on any atom is 0.337 e. The maximum atomic E-state index is 13.9. The van der Waals surface area contributed by atoms with Gasteiger partial charge in [0.1, 0.15) is 0 Å². The van der Waals surface area contributed by atoms with Gasteiger partial charge in [-0.1, -0.05) is 92.5 Å². The van der Waals surface area contributed by atoms with E-state index in [0.717, 1.165) is 27.2 Å². The summed E-state index contributed by atoms with van der Waals surface area (Å²) in [5.41, 5.74) is 3.77. The molecule has 1 saturated heterocycles. The Morgan fingerprint density at radius 3 is 1.50 bits per heavy atom. The zero-order valence-electron chi connectivity index (χ0n) is 16.5. The Kier molecular flexibility index (Phi) is 3.97. The molecule has 4 aliphatic rings. The molecule has 158 valence electrons. The van der Waals surface area contributed by atoms with Gasteiger partial charge in [-0.05, 0) is 34.4 Å². The number of halogens is 2. The number of hydrogen-bond acceptors (Lipinski definition) is 3. The third-order valence-electron chi connectivity index (χ3n) is 6.96.